The van der Waals surface area contributed by atoms with E-state index < -0.39 is 17.4 Å². The summed E-state index contributed by atoms with van der Waals surface area (Å²) in [6, 6.07) is 8.52. The second-order valence-corrected chi connectivity index (χ2v) is 7.62. The fourth-order valence-electron chi connectivity index (χ4n) is 4.25. The van der Waals surface area contributed by atoms with E-state index in [1.165, 1.54) is 11.9 Å². The van der Waals surface area contributed by atoms with Crippen molar-refractivity contribution in [2.75, 3.05) is 27.7 Å². The van der Waals surface area contributed by atoms with E-state index in [4.69, 9.17) is 0 Å². The molecular weight excluding hydrogens is 330 g/mol. The maximum atomic E-state index is 13.7. The summed E-state index contributed by atoms with van der Waals surface area (Å²) >= 11 is 0. The third-order valence-electron chi connectivity index (χ3n) is 5.51. The summed E-state index contributed by atoms with van der Waals surface area (Å²) in [7, 11) is 5.17. The molecule has 1 aromatic rings. The molecule has 26 heavy (non-hydrogen) atoms. The number of rotatable bonds is 4. The van der Waals surface area contributed by atoms with E-state index >= 15 is 0 Å². The molecule has 2 fully saturated rings. The molecule has 0 N–H and O–H groups in total. The van der Waals surface area contributed by atoms with Crippen molar-refractivity contribution in [3.8, 4) is 0 Å². The molecule has 1 aliphatic heterocycles. The van der Waals surface area contributed by atoms with Crippen molar-refractivity contribution in [2.24, 2.45) is 0 Å². The second kappa shape index (κ2) is 7.19. The zero-order valence-electron chi connectivity index (χ0n) is 15.8. The van der Waals surface area contributed by atoms with Gasteiger partial charge in [0, 0.05) is 19.6 Å². The Morgan fingerprint density at radius 2 is 1.62 bits per heavy atom. The fourth-order valence-corrected chi connectivity index (χ4v) is 4.25. The van der Waals surface area contributed by atoms with Gasteiger partial charge in [0.15, 0.2) is 5.41 Å². The minimum Gasteiger partial charge on any atom is -0.307 e. The van der Waals surface area contributed by atoms with E-state index in [2.05, 4.69) is 0 Å². The van der Waals surface area contributed by atoms with Gasteiger partial charge in [0.25, 0.3) is 11.8 Å². The van der Waals surface area contributed by atoms with Crippen molar-refractivity contribution in [1.29, 1.82) is 0 Å². The Morgan fingerprint density at radius 3 is 2.19 bits per heavy atom. The zero-order valence-corrected chi connectivity index (χ0v) is 15.8. The van der Waals surface area contributed by atoms with Crippen LogP contribution in [-0.4, -0.2) is 66.3 Å². The lowest BCUT2D eigenvalue weighted by Gasteiger charge is -2.47. The van der Waals surface area contributed by atoms with Gasteiger partial charge in [0.05, 0.1) is 0 Å². The summed E-state index contributed by atoms with van der Waals surface area (Å²) in [4.78, 5) is 44.1. The lowest BCUT2D eigenvalue weighted by Crippen LogP contribution is -2.70. The Bertz CT molecular complexity index is 698. The van der Waals surface area contributed by atoms with Gasteiger partial charge in [-0.3, -0.25) is 19.4 Å². The number of hydrogen-bond donors (Lipinski definition) is 0. The number of carbonyl (C=O) groups is 3. The quantitative estimate of drug-likeness (QED) is 0.776. The normalized spacial score (nSPS) is 25.3. The Morgan fingerprint density at radius 1 is 1.00 bits per heavy atom. The largest absolute Gasteiger partial charge is 0.333 e. The maximum Gasteiger partial charge on any atom is 0.333 e. The highest BCUT2D eigenvalue weighted by molar-refractivity contribution is 6.23. The highest BCUT2D eigenvalue weighted by Gasteiger charge is 2.58. The summed E-state index contributed by atoms with van der Waals surface area (Å²) in [5.74, 6) is -0.822. The van der Waals surface area contributed by atoms with Crippen molar-refractivity contribution in [1.82, 2.24) is 14.7 Å². The molecule has 4 amide bonds. The van der Waals surface area contributed by atoms with Crippen molar-refractivity contribution < 1.29 is 14.4 Å². The minimum atomic E-state index is -1.38. The molecule has 1 heterocycles. The Balaban J connectivity index is 2.12. The number of hydrogen-bond acceptors (Lipinski definition) is 4. The Hall–Kier alpha value is -2.21. The van der Waals surface area contributed by atoms with Crippen molar-refractivity contribution >= 4 is 17.8 Å². The Labute approximate surface area is 154 Å². The topological polar surface area (TPSA) is 60.9 Å². The monoisotopic (exact) mass is 357 g/mol. The van der Waals surface area contributed by atoms with Crippen molar-refractivity contribution in [3.63, 3.8) is 0 Å². The van der Waals surface area contributed by atoms with Gasteiger partial charge in [0.1, 0.15) is 0 Å². The molecule has 1 aromatic carbocycles. The molecule has 0 radical (unpaired) electrons. The third kappa shape index (κ3) is 2.92. The number of nitrogens with zero attached hydrogens (tertiary/aromatic N) is 3. The molecule has 1 atom stereocenters. The number of benzene rings is 1. The molecule has 1 saturated heterocycles. The van der Waals surface area contributed by atoms with Crippen LogP contribution >= 0.6 is 0 Å². The standard InChI is InChI=1S/C20H27N3O3/c1-21(2)14-20(15-10-6-4-7-11-15)17(24)22(3)19(26)23(18(20)25)16-12-8-5-9-13-16/h4,6-7,10-11,16H,5,8-9,12-14H2,1-3H3. The third-order valence-corrected chi connectivity index (χ3v) is 5.51. The van der Waals surface area contributed by atoms with Gasteiger partial charge in [-0.25, -0.2) is 4.79 Å². The average Bonchev–Trinajstić information content (AvgIpc) is 2.65. The van der Waals surface area contributed by atoms with Crippen LogP contribution < -0.4 is 0 Å². The van der Waals surface area contributed by atoms with Crippen LogP contribution in [0.2, 0.25) is 0 Å². The number of likely N-dealkylation sites (N-methyl/N-ethyl adjacent to an activating group) is 2. The average molecular weight is 357 g/mol. The zero-order chi connectivity index (χ0) is 18.9. The first kappa shape index (κ1) is 18.6. The van der Waals surface area contributed by atoms with Crippen LogP contribution in [0, 0.1) is 0 Å². The first-order valence-corrected chi connectivity index (χ1v) is 9.25. The van der Waals surface area contributed by atoms with Gasteiger partial charge in [-0.1, -0.05) is 49.6 Å². The fraction of sp³-hybridized carbons (Fsp3) is 0.550. The number of barbiturate groups is 1. The second-order valence-electron chi connectivity index (χ2n) is 7.62. The Kier molecular flexibility index (Phi) is 5.14. The van der Waals surface area contributed by atoms with E-state index in [9.17, 15) is 14.4 Å². The predicted octanol–water partition coefficient (Wildman–Crippen LogP) is 2.24. The molecule has 2 aliphatic rings. The summed E-state index contributed by atoms with van der Waals surface area (Å²) < 4.78 is 0. The van der Waals surface area contributed by atoms with Gasteiger partial charge in [0.2, 0.25) is 0 Å². The number of carbonyl (C=O) groups excluding carboxylic acids is 3. The van der Waals surface area contributed by atoms with E-state index in [1.807, 2.05) is 49.3 Å². The van der Waals surface area contributed by atoms with E-state index in [1.54, 1.807) is 0 Å². The van der Waals surface area contributed by atoms with Gasteiger partial charge in [-0.15, -0.1) is 0 Å². The van der Waals surface area contributed by atoms with E-state index in [-0.39, 0.29) is 18.5 Å². The molecule has 1 unspecified atom stereocenters. The molecule has 6 heteroatoms. The van der Waals surface area contributed by atoms with Crippen LogP contribution in [0.1, 0.15) is 37.7 Å². The van der Waals surface area contributed by atoms with Gasteiger partial charge >= 0.3 is 6.03 Å². The summed E-state index contributed by atoms with van der Waals surface area (Å²) in [6.07, 6.45) is 4.76. The molecule has 0 spiro atoms. The van der Waals surface area contributed by atoms with Crippen LogP contribution in [0.3, 0.4) is 0 Å². The van der Waals surface area contributed by atoms with Crippen LogP contribution in [0.4, 0.5) is 4.79 Å². The van der Waals surface area contributed by atoms with Gasteiger partial charge in [-0.05, 0) is 32.5 Å². The molecule has 0 bridgehead atoms. The van der Waals surface area contributed by atoms with Crippen molar-refractivity contribution in [2.45, 2.75) is 43.6 Å². The maximum absolute atomic E-state index is 13.7. The molecule has 140 valence electrons. The van der Waals surface area contributed by atoms with Crippen molar-refractivity contribution in [3.05, 3.63) is 35.9 Å². The molecular formula is C20H27N3O3. The van der Waals surface area contributed by atoms with Crippen LogP contribution in [-0.2, 0) is 15.0 Å². The van der Waals surface area contributed by atoms with Crippen LogP contribution in [0.15, 0.2) is 30.3 Å². The van der Waals surface area contributed by atoms with E-state index in [0.717, 1.165) is 37.0 Å². The molecule has 1 aliphatic carbocycles. The highest BCUT2D eigenvalue weighted by Crippen LogP contribution is 2.37. The van der Waals surface area contributed by atoms with Gasteiger partial charge < -0.3 is 4.90 Å². The SMILES string of the molecule is CN(C)CC1(c2ccccc2)C(=O)N(C)C(=O)N(C2CCCCC2)C1=O. The number of urea groups is 1. The minimum absolute atomic E-state index is 0.121. The lowest BCUT2D eigenvalue weighted by molar-refractivity contribution is -0.154. The molecule has 6 nitrogen and oxygen atoms in total. The summed E-state index contributed by atoms with van der Waals surface area (Å²) in [6.45, 7) is 0.232. The molecule has 3 rings (SSSR count). The first-order valence-electron chi connectivity index (χ1n) is 9.25. The number of imide groups is 2. The molecule has 0 aromatic heterocycles. The van der Waals surface area contributed by atoms with Gasteiger partial charge in [-0.2, -0.15) is 0 Å². The smallest absolute Gasteiger partial charge is 0.307 e. The summed E-state index contributed by atoms with van der Waals surface area (Å²) in [5, 5.41) is 0. The number of amides is 4. The van der Waals surface area contributed by atoms with E-state index in [0.29, 0.717) is 5.56 Å². The van der Waals surface area contributed by atoms with Crippen LogP contribution in [0.5, 0.6) is 0 Å². The highest BCUT2D eigenvalue weighted by atomic mass is 16.2. The summed E-state index contributed by atoms with van der Waals surface area (Å²) in [5.41, 5.74) is -0.742. The lowest BCUT2D eigenvalue weighted by atomic mass is 9.75. The first-order chi connectivity index (χ1) is 12.4. The molecule has 1 saturated carbocycles. The van der Waals surface area contributed by atoms with Crippen LogP contribution in [0.25, 0.3) is 0 Å². The predicted molar refractivity (Wildman–Crippen MR) is 98.6 cm³/mol.